The maximum absolute atomic E-state index is 5.80. The smallest absolute Gasteiger partial charge is 0.260 e. The summed E-state index contributed by atoms with van der Waals surface area (Å²) in [5, 5.41) is 12.8. The van der Waals surface area contributed by atoms with Crippen molar-refractivity contribution in [2.45, 2.75) is 13.2 Å². The molecule has 120 valence electrons. The van der Waals surface area contributed by atoms with Gasteiger partial charge in [0.15, 0.2) is 11.5 Å². The van der Waals surface area contributed by atoms with Gasteiger partial charge in [-0.25, -0.2) is 0 Å². The molecule has 0 unspecified atom stereocenters. The highest BCUT2D eigenvalue weighted by Crippen LogP contribution is 2.29. The van der Waals surface area contributed by atoms with Crippen LogP contribution in [0.4, 0.5) is 5.95 Å². The molecule has 3 rings (SSSR count). The molecule has 0 aliphatic heterocycles. The van der Waals surface area contributed by atoms with Crippen LogP contribution in [0.3, 0.4) is 0 Å². The number of methoxy groups -OCH3 is 1. The fraction of sp³-hybridized carbons (Fsp3) is 0.214. The minimum absolute atomic E-state index is 0.202. The third-order valence-electron chi connectivity index (χ3n) is 3.10. The molecule has 0 aliphatic carbocycles. The average Bonchev–Trinajstić information content (AvgIpc) is 3.23. The van der Waals surface area contributed by atoms with Gasteiger partial charge >= 0.3 is 0 Å². The van der Waals surface area contributed by atoms with Crippen molar-refractivity contribution in [1.82, 2.24) is 20.3 Å². The van der Waals surface area contributed by atoms with Gasteiger partial charge in [0.1, 0.15) is 6.61 Å². The maximum Gasteiger partial charge on any atom is 0.260 e. The molecule has 23 heavy (non-hydrogen) atoms. The monoisotopic (exact) mass is 332 g/mol. The second-order valence-corrected chi connectivity index (χ2v) is 5.67. The fourth-order valence-corrected chi connectivity index (χ4v) is 2.57. The topological polar surface area (TPSA) is 100 Å². The van der Waals surface area contributed by atoms with Gasteiger partial charge < -0.3 is 20.6 Å². The predicted octanol–water partition coefficient (Wildman–Crippen LogP) is 1.65. The Bertz CT molecular complexity index is 758. The molecule has 8 nitrogen and oxygen atoms in total. The predicted molar refractivity (Wildman–Crippen MR) is 86.9 cm³/mol. The van der Waals surface area contributed by atoms with E-state index in [0.29, 0.717) is 24.7 Å². The van der Waals surface area contributed by atoms with Crippen molar-refractivity contribution < 1.29 is 9.47 Å². The van der Waals surface area contributed by atoms with Crippen molar-refractivity contribution in [2.24, 2.45) is 0 Å². The molecule has 3 aromatic rings. The number of nitrogens with zero attached hydrogens (tertiary/aromatic N) is 4. The van der Waals surface area contributed by atoms with Crippen LogP contribution in [0.15, 0.2) is 35.7 Å². The number of hydrogen-bond acceptors (Lipinski definition) is 8. The van der Waals surface area contributed by atoms with E-state index in [4.69, 9.17) is 15.2 Å². The number of tetrazole rings is 1. The molecular weight excluding hydrogens is 316 g/mol. The van der Waals surface area contributed by atoms with Gasteiger partial charge in [0.05, 0.1) is 13.7 Å². The molecule has 0 atom stereocenters. The Morgan fingerprint density at radius 1 is 1.30 bits per heavy atom. The van der Waals surface area contributed by atoms with Crippen molar-refractivity contribution in [1.29, 1.82) is 0 Å². The minimum atomic E-state index is 0.202. The van der Waals surface area contributed by atoms with Gasteiger partial charge in [-0.05, 0) is 39.6 Å². The normalized spacial score (nSPS) is 10.5. The van der Waals surface area contributed by atoms with E-state index in [1.165, 1.54) is 4.79 Å². The molecule has 0 saturated heterocycles. The Balaban J connectivity index is 1.65. The Hall–Kier alpha value is -2.81. The number of aromatic nitrogens is 4. The molecule has 0 radical (unpaired) electrons. The van der Waals surface area contributed by atoms with Gasteiger partial charge in [-0.1, -0.05) is 17.2 Å². The first-order valence-corrected chi connectivity index (χ1v) is 7.74. The summed E-state index contributed by atoms with van der Waals surface area (Å²) in [7, 11) is 1.61. The van der Waals surface area contributed by atoms with Crippen LogP contribution in [0.5, 0.6) is 11.5 Å². The summed E-state index contributed by atoms with van der Waals surface area (Å²) >= 11 is 1.66. The standard InChI is InChI=1S/C14H16N6O2S/c1-21-13-7-10(8-16-20-14(15)17-18-19-20)4-5-12(13)22-9-11-3-2-6-23-11/h2-7,16H,8-9H2,1H3,(H2,15,17,19). The largest absolute Gasteiger partial charge is 0.493 e. The van der Waals surface area contributed by atoms with E-state index >= 15 is 0 Å². The summed E-state index contributed by atoms with van der Waals surface area (Å²) in [5.41, 5.74) is 9.57. The maximum atomic E-state index is 5.80. The number of thiophene rings is 1. The minimum Gasteiger partial charge on any atom is -0.493 e. The van der Waals surface area contributed by atoms with Gasteiger partial charge in [0.2, 0.25) is 0 Å². The van der Waals surface area contributed by atoms with Crippen LogP contribution in [-0.2, 0) is 13.2 Å². The summed E-state index contributed by atoms with van der Waals surface area (Å²) in [4.78, 5) is 2.47. The second kappa shape index (κ2) is 6.97. The van der Waals surface area contributed by atoms with Crippen LogP contribution in [0.25, 0.3) is 0 Å². The summed E-state index contributed by atoms with van der Waals surface area (Å²) in [5.74, 6) is 1.57. The van der Waals surface area contributed by atoms with Gasteiger partial charge in [-0.3, -0.25) is 0 Å². The van der Waals surface area contributed by atoms with E-state index < -0.39 is 0 Å². The number of nitrogens with one attached hydrogen (secondary N) is 1. The molecule has 0 saturated carbocycles. The van der Waals surface area contributed by atoms with Crippen molar-refractivity contribution in [3.05, 3.63) is 46.2 Å². The van der Waals surface area contributed by atoms with E-state index in [2.05, 4.69) is 21.0 Å². The first-order valence-electron chi connectivity index (χ1n) is 6.86. The second-order valence-electron chi connectivity index (χ2n) is 4.64. The zero-order valence-corrected chi connectivity index (χ0v) is 13.3. The Kier molecular flexibility index (Phi) is 4.57. The third-order valence-corrected chi connectivity index (χ3v) is 3.95. The molecular formula is C14H16N6O2S. The molecule has 2 heterocycles. The van der Waals surface area contributed by atoms with Crippen LogP contribution < -0.4 is 20.6 Å². The number of benzene rings is 1. The van der Waals surface area contributed by atoms with Crippen molar-refractivity contribution in [2.75, 3.05) is 18.3 Å². The van der Waals surface area contributed by atoms with Gasteiger partial charge in [0, 0.05) is 4.88 Å². The summed E-state index contributed by atoms with van der Waals surface area (Å²) in [6.45, 7) is 1.02. The highest BCUT2D eigenvalue weighted by molar-refractivity contribution is 7.09. The third kappa shape index (κ3) is 3.69. The molecule has 3 N–H and O–H groups in total. The van der Waals surface area contributed by atoms with Gasteiger partial charge in [0.25, 0.3) is 5.95 Å². The zero-order chi connectivity index (χ0) is 16.1. The molecule has 1 aromatic carbocycles. The SMILES string of the molecule is COc1cc(CNn2nnnc2N)ccc1OCc1cccs1. The zero-order valence-electron chi connectivity index (χ0n) is 12.5. The number of nitrogens with two attached hydrogens (primary N) is 1. The van der Waals surface area contributed by atoms with Crippen LogP contribution in [0.2, 0.25) is 0 Å². The average molecular weight is 332 g/mol. The number of anilines is 1. The van der Waals surface area contributed by atoms with Crippen LogP contribution in [0, 0.1) is 0 Å². The van der Waals surface area contributed by atoms with Crippen molar-refractivity contribution in [3.8, 4) is 11.5 Å². The number of ether oxygens (including phenoxy) is 2. The summed E-state index contributed by atoms with van der Waals surface area (Å²) in [6.07, 6.45) is 0. The molecule has 9 heteroatoms. The highest BCUT2D eigenvalue weighted by atomic mass is 32.1. The van der Waals surface area contributed by atoms with E-state index in [1.54, 1.807) is 18.4 Å². The number of nitrogen functional groups attached to an aromatic ring is 1. The van der Waals surface area contributed by atoms with Crippen LogP contribution in [-0.4, -0.2) is 27.4 Å². The first kappa shape index (κ1) is 15.1. The summed E-state index contributed by atoms with van der Waals surface area (Å²) < 4.78 is 11.2. The molecule has 0 aliphatic rings. The van der Waals surface area contributed by atoms with E-state index in [0.717, 1.165) is 10.4 Å². The Morgan fingerprint density at radius 3 is 2.91 bits per heavy atom. The lowest BCUT2D eigenvalue weighted by molar-refractivity contribution is 0.287. The lowest BCUT2D eigenvalue weighted by Gasteiger charge is -2.12. The Labute approximate surface area is 136 Å². The number of rotatable bonds is 7. The molecule has 0 bridgehead atoms. The van der Waals surface area contributed by atoms with Crippen molar-refractivity contribution >= 4 is 17.3 Å². The number of hydrogen-bond donors (Lipinski definition) is 2. The van der Waals surface area contributed by atoms with Crippen LogP contribution >= 0.6 is 11.3 Å². The molecule has 0 fully saturated rings. The van der Waals surface area contributed by atoms with Gasteiger partial charge in [-0.15, -0.1) is 16.1 Å². The molecule has 0 spiro atoms. The molecule has 0 amide bonds. The van der Waals surface area contributed by atoms with Crippen LogP contribution in [0.1, 0.15) is 10.4 Å². The van der Waals surface area contributed by atoms with E-state index in [9.17, 15) is 0 Å². The summed E-state index contributed by atoms with van der Waals surface area (Å²) in [6, 6.07) is 9.76. The molecule has 2 aromatic heterocycles. The lowest BCUT2D eigenvalue weighted by Crippen LogP contribution is -2.18. The van der Waals surface area contributed by atoms with E-state index in [-0.39, 0.29) is 5.95 Å². The quantitative estimate of drug-likeness (QED) is 0.678. The fourth-order valence-electron chi connectivity index (χ4n) is 1.96. The van der Waals surface area contributed by atoms with Gasteiger partial charge in [-0.2, -0.15) is 0 Å². The van der Waals surface area contributed by atoms with Crippen molar-refractivity contribution in [3.63, 3.8) is 0 Å². The lowest BCUT2D eigenvalue weighted by atomic mass is 10.2. The first-order chi connectivity index (χ1) is 11.3. The van der Waals surface area contributed by atoms with E-state index in [1.807, 2.05) is 35.7 Å². The highest BCUT2D eigenvalue weighted by Gasteiger charge is 2.07. The Morgan fingerprint density at radius 2 is 2.22 bits per heavy atom.